The molecule has 0 aliphatic rings. The van der Waals surface area contributed by atoms with Gasteiger partial charge in [-0.15, -0.1) is 0 Å². The largest absolute Gasteiger partial charge is 0.207 e. The highest BCUT2D eigenvalue weighted by molar-refractivity contribution is 9.09. The first-order valence-electron chi connectivity index (χ1n) is 5.85. The number of alkyl halides is 1. The number of benzene rings is 2. The third-order valence-electron chi connectivity index (χ3n) is 2.97. The van der Waals surface area contributed by atoms with E-state index in [1.54, 1.807) is 18.2 Å². The lowest BCUT2D eigenvalue weighted by atomic mass is 9.94. The molecule has 2 aromatic rings. The Morgan fingerprint density at radius 2 is 1.84 bits per heavy atom. The third-order valence-corrected chi connectivity index (χ3v) is 4.49. The van der Waals surface area contributed by atoms with Crippen molar-refractivity contribution < 1.29 is 4.39 Å². The van der Waals surface area contributed by atoms with Gasteiger partial charge in [-0.3, -0.25) is 0 Å². The zero-order valence-corrected chi connectivity index (χ0v) is 13.1. The number of rotatable bonds is 4. The molecular formula is C15H12BrCl2F. The molecule has 0 bridgehead atoms. The Morgan fingerprint density at radius 1 is 1.05 bits per heavy atom. The minimum Gasteiger partial charge on any atom is -0.207 e. The normalized spacial score (nSPS) is 12.4. The Bertz CT molecular complexity index is 572. The second kappa shape index (κ2) is 6.74. The van der Waals surface area contributed by atoms with Crippen molar-refractivity contribution in [3.8, 4) is 0 Å². The summed E-state index contributed by atoms with van der Waals surface area (Å²) in [5.41, 5.74) is 2.06. The summed E-state index contributed by atoms with van der Waals surface area (Å²) in [5, 5.41) is 1.86. The van der Waals surface area contributed by atoms with Gasteiger partial charge in [0.1, 0.15) is 5.82 Å². The smallest absolute Gasteiger partial charge is 0.123 e. The summed E-state index contributed by atoms with van der Waals surface area (Å²) in [6, 6.07) is 12.3. The monoisotopic (exact) mass is 360 g/mol. The van der Waals surface area contributed by atoms with Crippen LogP contribution in [0.3, 0.4) is 0 Å². The lowest BCUT2D eigenvalue weighted by Crippen LogP contribution is -2.05. The van der Waals surface area contributed by atoms with Gasteiger partial charge in [0.05, 0.1) is 10.0 Å². The Labute approximate surface area is 130 Å². The molecule has 0 heterocycles. The molecular weight excluding hydrogens is 350 g/mol. The molecule has 0 nitrogen and oxygen atoms in total. The molecule has 0 aliphatic heterocycles. The van der Waals surface area contributed by atoms with E-state index < -0.39 is 0 Å². The molecule has 2 rings (SSSR count). The summed E-state index contributed by atoms with van der Waals surface area (Å²) < 4.78 is 13.3. The molecule has 0 saturated carbocycles. The summed E-state index contributed by atoms with van der Waals surface area (Å²) in [6.45, 7) is 0. The van der Waals surface area contributed by atoms with Crippen LogP contribution in [0.5, 0.6) is 0 Å². The lowest BCUT2D eigenvalue weighted by molar-refractivity contribution is 0.621. The quantitative estimate of drug-likeness (QED) is 0.599. The predicted octanol–water partition coefficient (Wildman–Crippen LogP) is 5.85. The van der Waals surface area contributed by atoms with Crippen molar-refractivity contribution in [2.45, 2.75) is 12.3 Å². The van der Waals surface area contributed by atoms with E-state index in [1.165, 1.54) is 6.07 Å². The predicted molar refractivity (Wildman–Crippen MR) is 83.1 cm³/mol. The Hall–Kier alpha value is -0.570. The Balaban J connectivity index is 2.21. The van der Waals surface area contributed by atoms with Crippen LogP contribution in [0.1, 0.15) is 17.0 Å². The van der Waals surface area contributed by atoms with Crippen LogP contribution in [0.2, 0.25) is 10.0 Å². The van der Waals surface area contributed by atoms with Crippen molar-refractivity contribution in [2.24, 2.45) is 0 Å². The fraction of sp³-hybridized carbons (Fsp3) is 0.200. The fourth-order valence-electron chi connectivity index (χ4n) is 1.97. The number of hydrogen-bond donors (Lipinski definition) is 0. The molecule has 1 unspecified atom stereocenters. The van der Waals surface area contributed by atoms with Crippen LogP contribution in [-0.2, 0) is 6.42 Å². The van der Waals surface area contributed by atoms with Crippen molar-refractivity contribution in [3.05, 3.63) is 69.5 Å². The zero-order chi connectivity index (χ0) is 13.8. The van der Waals surface area contributed by atoms with Crippen molar-refractivity contribution in [2.75, 3.05) is 5.33 Å². The molecule has 0 aliphatic carbocycles. The zero-order valence-electron chi connectivity index (χ0n) is 10.0. The van der Waals surface area contributed by atoms with Crippen molar-refractivity contribution in [1.82, 2.24) is 0 Å². The lowest BCUT2D eigenvalue weighted by Gasteiger charge is -2.15. The van der Waals surface area contributed by atoms with Gasteiger partial charge in [0.2, 0.25) is 0 Å². The number of hydrogen-bond acceptors (Lipinski definition) is 0. The van der Waals surface area contributed by atoms with E-state index in [9.17, 15) is 4.39 Å². The standard InChI is InChI=1S/C15H12BrCl2F/c16-9-12(11-2-1-3-13(19)8-11)6-10-4-5-14(17)15(18)7-10/h1-5,7-8,12H,6,9H2. The maximum absolute atomic E-state index is 13.3. The maximum atomic E-state index is 13.3. The van der Waals surface area contributed by atoms with E-state index >= 15 is 0 Å². The molecule has 0 aromatic heterocycles. The average Bonchev–Trinajstić information content (AvgIpc) is 2.40. The molecule has 0 spiro atoms. The van der Waals surface area contributed by atoms with Crippen molar-refractivity contribution >= 4 is 39.1 Å². The molecule has 0 radical (unpaired) electrons. The van der Waals surface area contributed by atoms with E-state index in [0.717, 1.165) is 22.9 Å². The minimum atomic E-state index is -0.211. The van der Waals surface area contributed by atoms with E-state index in [-0.39, 0.29) is 11.7 Å². The second-order valence-electron chi connectivity index (χ2n) is 4.36. The topological polar surface area (TPSA) is 0 Å². The summed E-state index contributed by atoms with van der Waals surface area (Å²) in [5.74, 6) is -0.00877. The molecule has 0 fully saturated rings. The molecule has 0 saturated heterocycles. The highest BCUT2D eigenvalue weighted by Crippen LogP contribution is 2.28. The minimum absolute atomic E-state index is 0.202. The SMILES string of the molecule is Fc1cccc(C(CBr)Cc2ccc(Cl)c(Cl)c2)c1. The van der Waals surface area contributed by atoms with Gasteiger partial charge in [-0.25, -0.2) is 4.39 Å². The van der Waals surface area contributed by atoms with Crippen LogP contribution >= 0.6 is 39.1 Å². The Kier molecular flexibility index (Phi) is 5.26. The average molecular weight is 362 g/mol. The molecule has 4 heteroatoms. The summed E-state index contributed by atoms with van der Waals surface area (Å²) in [7, 11) is 0. The van der Waals surface area contributed by atoms with Crippen LogP contribution in [0, 0.1) is 5.82 Å². The second-order valence-corrected chi connectivity index (χ2v) is 5.82. The first-order chi connectivity index (χ1) is 9.10. The van der Waals surface area contributed by atoms with Gasteiger partial charge >= 0.3 is 0 Å². The van der Waals surface area contributed by atoms with Crippen LogP contribution in [0.4, 0.5) is 4.39 Å². The van der Waals surface area contributed by atoms with E-state index in [4.69, 9.17) is 23.2 Å². The molecule has 2 aromatic carbocycles. The van der Waals surface area contributed by atoms with Gasteiger partial charge in [-0.2, -0.15) is 0 Å². The van der Waals surface area contributed by atoms with Gasteiger partial charge in [-0.1, -0.05) is 57.3 Å². The summed E-state index contributed by atoms with van der Waals surface area (Å²) in [6.07, 6.45) is 0.783. The van der Waals surface area contributed by atoms with Gasteiger partial charge in [0.25, 0.3) is 0 Å². The van der Waals surface area contributed by atoms with E-state index in [0.29, 0.717) is 10.0 Å². The van der Waals surface area contributed by atoms with E-state index in [2.05, 4.69) is 15.9 Å². The van der Waals surface area contributed by atoms with Crippen molar-refractivity contribution in [1.29, 1.82) is 0 Å². The maximum Gasteiger partial charge on any atom is 0.123 e. The van der Waals surface area contributed by atoms with Gasteiger partial charge in [0, 0.05) is 5.33 Å². The first-order valence-corrected chi connectivity index (χ1v) is 7.73. The summed E-state index contributed by atoms with van der Waals surface area (Å²) in [4.78, 5) is 0. The molecule has 0 N–H and O–H groups in total. The molecule has 0 amide bonds. The molecule has 19 heavy (non-hydrogen) atoms. The van der Waals surface area contributed by atoms with Crippen LogP contribution in [0.15, 0.2) is 42.5 Å². The highest BCUT2D eigenvalue weighted by atomic mass is 79.9. The van der Waals surface area contributed by atoms with Crippen LogP contribution in [-0.4, -0.2) is 5.33 Å². The van der Waals surface area contributed by atoms with Crippen LogP contribution < -0.4 is 0 Å². The fourth-order valence-corrected chi connectivity index (χ4v) is 2.90. The van der Waals surface area contributed by atoms with Gasteiger partial charge in [-0.05, 0) is 47.7 Å². The Morgan fingerprint density at radius 3 is 2.47 bits per heavy atom. The highest BCUT2D eigenvalue weighted by Gasteiger charge is 2.12. The molecule has 100 valence electrons. The molecule has 1 atom stereocenters. The number of halogens is 4. The van der Waals surface area contributed by atoms with Gasteiger partial charge < -0.3 is 0 Å². The van der Waals surface area contributed by atoms with Crippen LogP contribution in [0.25, 0.3) is 0 Å². The third kappa shape index (κ3) is 3.95. The summed E-state index contributed by atoms with van der Waals surface area (Å²) >= 11 is 15.4. The first kappa shape index (κ1) is 14.8. The van der Waals surface area contributed by atoms with Gasteiger partial charge in [0.15, 0.2) is 0 Å². The van der Waals surface area contributed by atoms with Crippen molar-refractivity contribution in [3.63, 3.8) is 0 Å². The van der Waals surface area contributed by atoms with E-state index in [1.807, 2.05) is 18.2 Å².